The number of carboxylic acids is 1. The van der Waals surface area contributed by atoms with E-state index in [1.54, 1.807) is 47.6 Å². The van der Waals surface area contributed by atoms with E-state index >= 15 is 0 Å². The van der Waals surface area contributed by atoms with Gasteiger partial charge in [0, 0.05) is 5.92 Å². The Hall–Kier alpha value is -2.94. The Morgan fingerprint density at radius 2 is 1.34 bits per heavy atom. The van der Waals surface area contributed by atoms with Gasteiger partial charge in [0.25, 0.3) is 0 Å². The van der Waals surface area contributed by atoms with Gasteiger partial charge in [-0.05, 0) is 29.5 Å². The monoisotopic (exact) mass is 493 g/mol. The number of carbonyl (C=O) groups excluding carboxylic acids is 3. The number of esters is 3. The molecule has 3 unspecified atom stereocenters. The Morgan fingerprint density at radius 1 is 0.829 bits per heavy atom. The first-order chi connectivity index (χ1) is 16.2. The molecule has 9 heteroatoms. The SMILES string of the molecule is CC(C)C(=O)Oc1ccc(C(C(C)COC(=O)C(C)C(C)C)[C@H](N)C(=O)O)cc1OC(=O)C(C)C. The van der Waals surface area contributed by atoms with Crippen LogP contribution in [0.15, 0.2) is 18.2 Å². The van der Waals surface area contributed by atoms with Gasteiger partial charge >= 0.3 is 23.9 Å². The van der Waals surface area contributed by atoms with Gasteiger partial charge in [-0.3, -0.25) is 19.2 Å². The zero-order chi connectivity index (χ0) is 27.0. The standard InChI is InChI=1S/C26H39NO8/c1-13(2)17(8)26(32)33-12-16(7)21(22(27)23(28)29)18-9-10-19(34-24(30)14(3)4)20(11-18)35-25(31)15(5)6/h9-11,13-17,21-22H,12,27H2,1-8H3,(H,28,29)/t16?,17?,21?,22-/m0/s1. The quantitative estimate of drug-likeness (QED) is 0.328. The highest BCUT2D eigenvalue weighted by Gasteiger charge is 2.33. The van der Waals surface area contributed by atoms with Gasteiger partial charge in [0.05, 0.1) is 24.4 Å². The van der Waals surface area contributed by atoms with Crippen molar-refractivity contribution in [2.45, 2.75) is 67.3 Å². The molecule has 1 aromatic carbocycles. The maximum atomic E-state index is 12.3. The largest absolute Gasteiger partial charge is 0.480 e. The molecule has 9 nitrogen and oxygen atoms in total. The van der Waals surface area contributed by atoms with Gasteiger partial charge in [-0.1, -0.05) is 61.5 Å². The van der Waals surface area contributed by atoms with Gasteiger partial charge in [-0.15, -0.1) is 0 Å². The van der Waals surface area contributed by atoms with Crippen molar-refractivity contribution in [2.24, 2.45) is 35.3 Å². The lowest BCUT2D eigenvalue weighted by molar-refractivity contribution is -0.151. The third kappa shape index (κ3) is 8.65. The molecule has 0 aliphatic rings. The van der Waals surface area contributed by atoms with Crippen LogP contribution in [0, 0.1) is 29.6 Å². The highest BCUT2D eigenvalue weighted by atomic mass is 16.6. The summed E-state index contributed by atoms with van der Waals surface area (Å²) in [7, 11) is 0. The van der Waals surface area contributed by atoms with E-state index in [1.807, 2.05) is 13.8 Å². The molecule has 0 amide bonds. The maximum absolute atomic E-state index is 12.3. The van der Waals surface area contributed by atoms with Crippen molar-refractivity contribution in [2.75, 3.05) is 6.61 Å². The van der Waals surface area contributed by atoms with Gasteiger partial charge in [-0.2, -0.15) is 0 Å². The van der Waals surface area contributed by atoms with Crippen molar-refractivity contribution in [3.8, 4) is 11.5 Å². The van der Waals surface area contributed by atoms with E-state index in [-0.39, 0.29) is 35.9 Å². The highest BCUT2D eigenvalue weighted by molar-refractivity contribution is 5.78. The van der Waals surface area contributed by atoms with Crippen molar-refractivity contribution in [3.63, 3.8) is 0 Å². The number of benzene rings is 1. The average molecular weight is 494 g/mol. The van der Waals surface area contributed by atoms with Gasteiger partial charge in [-0.25, -0.2) is 0 Å². The minimum atomic E-state index is -1.33. The van der Waals surface area contributed by atoms with E-state index in [0.717, 1.165) is 0 Å². The van der Waals surface area contributed by atoms with E-state index < -0.39 is 47.6 Å². The van der Waals surface area contributed by atoms with Crippen LogP contribution in [0.1, 0.15) is 66.9 Å². The predicted molar refractivity (Wildman–Crippen MR) is 130 cm³/mol. The lowest BCUT2D eigenvalue weighted by Crippen LogP contribution is -2.41. The first kappa shape index (κ1) is 30.1. The summed E-state index contributed by atoms with van der Waals surface area (Å²) < 4.78 is 16.3. The molecule has 0 aliphatic carbocycles. The van der Waals surface area contributed by atoms with Crippen LogP contribution in [0.25, 0.3) is 0 Å². The second-order valence-corrected chi connectivity index (χ2v) is 9.89. The Labute approximate surface area is 207 Å². The average Bonchev–Trinajstić information content (AvgIpc) is 2.77. The fraction of sp³-hybridized carbons (Fsp3) is 0.615. The van der Waals surface area contributed by atoms with Crippen molar-refractivity contribution in [1.29, 1.82) is 0 Å². The molecular weight excluding hydrogens is 454 g/mol. The smallest absolute Gasteiger partial charge is 0.321 e. The summed E-state index contributed by atoms with van der Waals surface area (Å²) in [5.41, 5.74) is 6.47. The number of carboxylic acid groups (broad SMARTS) is 1. The number of carbonyl (C=O) groups is 4. The van der Waals surface area contributed by atoms with E-state index in [0.29, 0.717) is 5.56 Å². The van der Waals surface area contributed by atoms with Crippen LogP contribution in [0.3, 0.4) is 0 Å². The summed E-state index contributed by atoms with van der Waals surface area (Å²) in [5, 5.41) is 9.64. The van der Waals surface area contributed by atoms with Crippen LogP contribution in [0.2, 0.25) is 0 Å². The molecule has 1 aromatic rings. The number of hydrogen-bond acceptors (Lipinski definition) is 8. The molecule has 0 aromatic heterocycles. The molecule has 0 heterocycles. The fourth-order valence-corrected chi connectivity index (χ4v) is 3.11. The van der Waals surface area contributed by atoms with Crippen molar-refractivity contribution in [3.05, 3.63) is 23.8 Å². The summed E-state index contributed by atoms with van der Waals surface area (Å²) >= 11 is 0. The Morgan fingerprint density at radius 3 is 1.80 bits per heavy atom. The zero-order valence-corrected chi connectivity index (χ0v) is 21.9. The molecule has 0 saturated carbocycles. The molecule has 0 fully saturated rings. The zero-order valence-electron chi connectivity index (χ0n) is 21.9. The second-order valence-electron chi connectivity index (χ2n) is 9.89. The molecule has 0 aliphatic heterocycles. The summed E-state index contributed by atoms with van der Waals surface area (Å²) in [6.07, 6.45) is 0. The summed E-state index contributed by atoms with van der Waals surface area (Å²) in [6, 6.07) is 3.13. The topological polar surface area (TPSA) is 142 Å². The Bertz CT molecular complexity index is 909. The Kier molecular flexibility index (Phi) is 11.4. The van der Waals surface area contributed by atoms with Crippen LogP contribution in [-0.2, 0) is 23.9 Å². The number of ether oxygens (including phenoxy) is 3. The molecule has 4 atom stereocenters. The molecule has 35 heavy (non-hydrogen) atoms. The number of nitrogens with two attached hydrogens (primary N) is 1. The summed E-state index contributed by atoms with van der Waals surface area (Å²) in [4.78, 5) is 48.6. The molecule has 196 valence electrons. The van der Waals surface area contributed by atoms with Crippen LogP contribution in [0.5, 0.6) is 11.5 Å². The van der Waals surface area contributed by atoms with Crippen molar-refractivity contribution in [1.82, 2.24) is 0 Å². The third-order valence-corrected chi connectivity index (χ3v) is 5.86. The van der Waals surface area contributed by atoms with Crippen molar-refractivity contribution >= 4 is 23.9 Å². The van der Waals surface area contributed by atoms with Gasteiger partial charge < -0.3 is 25.1 Å². The van der Waals surface area contributed by atoms with E-state index in [1.165, 1.54) is 12.1 Å². The van der Waals surface area contributed by atoms with E-state index in [2.05, 4.69) is 0 Å². The van der Waals surface area contributed by atoms with Crippen LogP contribution >= 0.6 is 0 Å². The molecule has 0 saturated heterocycles. The molecule has 3 N–H and O–H groups in total. The lowest BCUT2D eigenvalue weighted by Gasteiger charge is -2.28. The predicted octanol–water partition coefficient (Wildman–Crippen LogP) is 3.78. The number of aliphatic carboxylic acids is 1. The third-order valence-electron chi connectivity index (χ3n) is 5.86. The molecular formula is C26H39NO8. The minimum absolute atomic E-state index is 0.0181. The molecule has 0 bridgehead atoms. The van der Waals surface area contributed by atoms with Crippen molar-refractivity contribution < 1.29 is 38.5 Å². The molecule has 0 spiro atoms. The molecule has 1 rings (SSSR count). The second kappa shape index (κ2) is 13.2. The van der Waals surface area contributed by atoms with Gasteiger partial charge in [0.15, 0.2) is 11.5 Å². The van der Waals surface area contributed by atoms with E-state index in [9.17, 15) is 24.3 Å². The normalized spacial score (nSPS) is 14.9. The summed E-state index contributed by atoms with van der Waals surface area (Å²) in [5.74, 6) is -5.03. The van der Waals surface area contributed by atoms with E-state index in [4.69, 9.17) is 19.9 Å². The lowest BCUT2D eigenvalue weighted by atomic mass is 9.82. The highest BCUT2D eigenvalue weighted by Crippen LogP contribution is 2.36. The fourth-order valence-electron chi connectivity index (χ4n) is 3.11. The first-order valence-electron chi connectivity index (χ1n) is 11.9. The number of rotatable bonds is 12. The summed E-state index contributed by atoms with van der Waals surface area (Å²) in [6.45, 7) is 13.9. The Balaban J connectivity index is 3.37. The van der Waals surface area contributed by atoms with Crippen LogP contribution < -0.4 is 15.2 Å². The van der Waals surface area contributed by atoms with Crippen LogP contribution in [0.4, 0.5) is 0 Å². The van der Waals surface area contributed by atoms with Crippen LogP contribution in [-0.4, -0.2) is 41.6 Å². The maximum Gasteiger partial charge on any atom is 0.321 e. The first-order valence-corrected chi connectivity index (χ1v) is 11.9. The molecule has 0 radical (unpaired) electrons. The van der Waals surface area contributed by atoms with Gasteiger partial charge in [0.2, 0.25) is 0 Å². The van der Waals surface area contributed by atoms with Gasteiger partial charge in [0.1, 0.15) is 6.04 Å². The number of hydrogen-bond donors (Lipinski definition) is 2. The minimum Gasteiger partial charge on any atom is -0.480 e.